The molecule has 0 radical (unpaired) electrons. The monoisotopic (exact) mass is 548 g/mol. The number of allylic oxidation sites excluding steroid dienone is 1. The van der Waals surface area contributed by atoms with Gasteiger partial charge in [0.15, 0.2) is 12.6 Å². The minimum Gasteiger partial charge on any atom is -0.468 e. The average Bonchev–Trinajstić information content (AvgIpc) is 2.85. The second-order valence-corrected chi connectivity index (χ2v) is 10.4. The summed E-state index contributed by atoms with van der Waals surface area (Å²) in [4.78, 5) is 12.6. The van der Waals surface area contributed by atoms with Crippen molar-refractivity contribution < 1.29 is 49.3 Å². The van der Waals surface area contributed by atoms with Crippen LogP contribution in [0.4, 0.5) is 0 Å². The van der Waals surface area contributed by atoms with Crippen molar-refractivity contribution in [1.29, 1.82) is 0 Å². The van der Waals surface area contributed by atoms with Crippen molar-refractivity contribution in [1.82, 2.24) is 10.6 Å². The van der Waals surface area contributed by atoms with E-state index in [1.54, 1.807) is 0 Å². The minimum atomic E-state index is -1.36. The molecule has 2 fully saturated rings. The normalized spacial score (nSPS) is 38.7. The highest BCUT2D eigenvalue weighted by atomic mass is 16.7. The third-order valence-electron chi connectivity index (χ3n) is 6.86. The van der Waals surface area contributed by atoms with E-state index >= 15 is 0 Å². The lowest BCUT2D eigenvalue weighted by atomic mass is 9.83. The maximum absolute atomic E-state index is 12.6. The number of nitrogens with two attached hydrogens (primary N) is 2. The summed E-state index contributed by atoms with van der Waals surface area (Å²) in [7, 11) is 0. The molecule has 11 N–H and O–H groups in total. The topological polar surface area (TPSA) is 231 Å². The molecule has 0 unspecified atom stereocenters. The smallest absolute Gasteiger partial charge is 0.249 e. The van der Waals surface area contributed by atoms with Gasteiger partial charge in [0.1, 0.15) is 36.3 Å². The molecule has 38 heavy (non-hydrogen) atoms. The molecule has 1 saturated carbocycles. The Hall–Kier alpha value is -1.43. The van der Waals surface area contributed by atoms with Gasteiger partial charge in [0.05, 0.1) is 31.4 Å². The number of aliphatic hydroxyl groups excluding tert-OH is 4. The molecule has 1 amide bonds. The molecule has 1 aliphatic carbocycles. The van der Waals surface area contributed by atoms with Gasteiger partial charge in [-0.05, 0) is 38.8 Å². The van der Waals surface area contributed by atoms with Crippen LogP contribution in [0.5, 0.6) is 0 Å². The highest BCUT2D eigenvalue weighted by molar-refractivity contribution is 5.80. The van der Waals surface area contributed by atoms with Crippen molar-refractivity contribution in [3.8, 4) is 0 Å². The molecular formula is C24H44N4O10. The standard InChI is InChI=1S/C24H44N4O10/c1-24(34)10-17(31)23(35-12-24)38-21-15(28-22(33)16(30)5-6-25)9-14(26)20(19(21)32)37-18-4-2-3-13(36-18)11-27-7-8-29/h3,14-21,23,27,29-32,34H,2,4-12,25-26H2,1H3,(H,28,33)/t14-,15+,16+,17+,18+,19-,20+,21-,23+,24+/m0/s1. The van der Waals surface area contributed by atoms with Gasteiger partial charge in [-0.2, -0.15) is 0 Å². The number of carbonyl (C=O) groups is 1. The van der Waals surface area contributed by atoms with E-state index in [1.807, 2.05) is 6.08 Å². The van der Waals surface area contributed by atoms with Crippen LogP contribution < -0.4 is 22.1 Å². The van der Waals surface area contributed by atoms with Crippen molar-refractivity contribution in [2.45, 2.75) is 99.8 Å². The Morgan fingerprint density at radius 3 is 2.76 bits per heavy atom. The van der Waals surface area contributed by atoms with Crippen LogP contribution in [-0.2, 0) is 23.7 Å². The lowest BCUT2D eigenvalue weighted by molar-refractivity contribution is -0.297. The first-order valence-electron chi connectivity index (χ1n) is 13.2. The minimum absolute atomic E-state index is 0.00434. The summed E-state index contributed by atoms with van der Waals surface area (Å²) >= 11 is 0. The Balaban J connectivity index is 1.71. The van der Waals surface area contributed by atoms with Gasteiger partial charge in [-0.15, -0.1) is 0 Å². The van der Waals surface area contributed by atoms with Crippen LogP contribution in [0.1, 0.15) is 39.0 Å². The lowest BCUT2D eigenvalue weighted by Gasteiger charge is -2.47. The van der Waals surface area contributed by atoms with Gasteiger partial charge in [-0.3, -0.25) is 4.79 Å². The summed E-state index contributed by atoms with van der Waals surface area (Å²) in [6.45, 7) is 2.35. The van der Waals surface area contributed by atoms with Crippen LogP contribution in [0.25, 0.3) is 0 Å². The van der Waals surface area contributed by atoms with Crippen molar-refractivity contribution >= 4 is 5.91 Å². The van der Waals surface area contributed by atoms with E-state index in [0.717, 1.165) is 0 Å². The summed E-state index contributed by atoms with van der Waals surface area (Å²) in [6, 6.07) is -1.58. The Labute approximate surface area is 222 Å². The van der Waals surface area contributed by atoms with Crippen molar-refractivity contribution in [3.63, 3.8) is 0 Å². The van der Waals surface area contributed by atoms with Crippen molar-refractivity contribution in [2.75, 3.05) is 32.8 Å². The maximum atomic E-state index is 12.6. The quantitative estimate of drug-likeness (QED) is 0.108. The van der Waals surface area contributed by atoms with E-state index in [1.165, 1.54) is 6.92 Å². The van der Waals surface area contributed by atoms with Gasteiger partial charge in [0.2, 0.25) is 5.91 Å². The molecular weight excluding hydrogens is 504 g/mol. The van der Waals surface area contributed by atoms with Crippen LogP contribution in [0, 0.1) is 0 Å². The molecule has 14 nitrogen and oxygen atoms in total. The molecule has 2 heterocycles. The van der Waals surface area contributed by atoms with Gasteiger partial charge in [0, 0.05) is 25.4 Å². The molecule has 3 rings (SSSR count). The average molecular weight is 549 g/mol. The zero-order valence-electron chi connectivity index (χ0n) is 21.8. The van der Waals surface area contributed by atoms with E-state index < -0.39 is 66.7 Å². The zero-order chi connectivity index (χ0) is 27.9. The van der Waals surface area contributed by atoms with Crippen molar-refractivity contribution in [3.05, 3.63) is 11.8 Å². The fourth-order valence-corrected chi connectivity index (χ4v) is 4.90. The van der Waals surface area contributed by atoms with Gasteiger partial charge in [-0.25, -0.2) is 0 Å². The fraction of sp³-hybridized carbons (Fsp3) is 0.875. The van der Waals surface area contributed by atoms with E-state index in [9.17, 15) is 25.2 Å². The molecule has 3 aliphatic rings. The second kappa shape index (κ2) is 14.3. The Morgan fingerprint density at radius 2 is 2.08 bits per heavy atom. The Bertz CT molecular complexity index is 787. The molecule has 2 aliphatic heterocycles. The second-order valence-electron chi connectivity index (χ2n) is 10.4. The predicted molar refractivity (Wildman–Crippen MR) is 133 cm³/mol. The van der Waals surface area contributed by atoms with E-state index in [4.69, 9.17) is 35.5 Å². The SMILES string of the molecule is C[C@]1(O)CO[C@H](O[C@@H]2[C@@H](O)[C@H](O[C@@H]3CCC=C(CNCCO)O3)[C@@H](N)C[C@H]2NC(=O)[C@H](O)CCN)[C@H](O)C1. The van der Waals surface area contributed by atoms with E-state index in [2.05, 4.69) is 10.6 Å². The fourth-order valence-electron chi connectivity index (χ4n) is 4.90. The van der Waals surface area contributed by atoms with Crippen LogP contribution >= 0.6 is 0 Å². The molecule has 14 heteroatoms. The van der Waals surface area contributed by atoms with Crippen molar-refractivity contribution in [2.24, 2.45) is 11.5 Å². The van der Waals surface area contributed by atoms with Gasteiger partial charge in [0.25, 0.3) is 0 Å². The number of nitrogens with one attached hydrogen (secondary N) is 2. The number of amides is 1. The molecule has 10 atom stereocenters. The largest absolute Gasteiger partial charge is 0.468 e. The van der Waals surface area contributed by atoms with E-state index in [-0.39, 0.29) is 39.0 Å². The molecule has 0 aromatic carbocycles. The van der Waals surface area contributed by atoms with Crippen LogP contribution in [-0.4, -0.2) is 125 Å². The van der Waals surface area contributed by atoms with Crippen LogP contribution in [0.15, 0.2) is 11.8 Å². The number of rotatable bonds is 12. The maximum Gasteiger partial charge on any atom is 0.249 e. The third kappa shape index (κ3) is 8.53. The molecule has 0 bridgehead atoms. The number of aliphatic hydroxyl groups is 5. The summed E-state index contributed by atoms with van der Waals surface area (Å²) in [6.07, 6.45) is -4.57. The molecule has 0 aromatic rings. The summed E-state index contributed by atoms with van der Waals surface area (Å²) in [5.41, 5.74) is 10.6. The Kier molecular flexibility index (Phi) is 11.7. The molecule has 220 valence electrons. The highest BCUT2D eigenvalue weighted by Crippen LogP contribution is 2.32. The van der Waals surface area contributed by atoms with E-state index in [0.29, 0.717) is 31.7 Å². The molecule has 0 aromatic heterocycles. The third-order valence-corrected chi connectivity index (χ3v) is 6.86. The number of hydrogen-bond donors (Lipinski definition) is 9. The van der Waals surface area contributed by atoms with Crippen LogP contribution in [0.2, 0.25) is 0 Å². The van der Waals surface area contributed by atoms with Gasteiger partial charge in [-0.1, -0.05) is 0 Å². The Morgan fingerprint density at radius 1 is 1.32 bits per heavy atom. The lowest BCUT2D eigenvalue weighted by Crippen LogP contribution is -2.67. The summed E-state index contributed by atoms with van der Waals surface area (Å²) in [5, 5.41) is 56.8. The summed E-state index contributed by atoms with van der Waals surface area (Å²) < 4.78 is 23.5. The molecule has 1 saturated heterocycles. The number of hydrogen-bond acceptors (Lipinski definition) is 13. The predicted octanol–water partition coefficient (Wildman–Crippen LogP) is -3.50. The first-order chi connectivity index (χ1) is 18.0. The number of ether oxygens (including phenoxy) is 4. The summed E-state index contributed by atoms with van der Waals surface area (Å²) in [5.74, 6) is -0.0483. The first-order valence-corrected chi connectivity index (χ1v) is 13.2. The zero-order valence-corrected chi connectivity index (χ0v) is 21.8. The van der Waals surface area contributed by atoms with Gasteiger partial charge >= 0.3 is 0 Å². The first kappa shape index (κ1) is 31.1. The number of carbonyl (C=O) groups excluding carboxylic acids is 1. The molecule has 0 spiro atoms. The highest BCUT2D eigenvalue weighted by Gasteiger charge is 2.49. The van der Waals surface area contributed by atoms with Crippen LogP contribution in [0.3, 0.4) is 0 Å². The van der Waals surface area contributed by atoms with Gasteiger partial charge < -0.3 is 66.6 Å².